The third kappa shape index (κ3) is 5.07. The molecule has 7 atom stereocenters. The molecule has 0 radical (unpaired) electrons. The molecule has 0 saturated carbocycles. The van der Waals surface area contributed by atoms with Crippen molar-refractivity contribution in [3.8, 4) is 17.2 Å². The monoisotopic (exact) mass is 625 g/mol. The van der Waals surface area contributed by atoms with Gasteiger partial charge >= 0.3 is 12.1 Å². The molecule has 1 amide bonds. The van der Waals surface area contributed by atoms with Gasteiger partial charge in [0.1, 0.15) is 35.1 Å². The molecule has 5 rings (SSSR count). The van der Waals surface area contributed by atoms with Gasteiger partial charge in [-0.05, 0) is 19.9 Å². The molecular weight excluding hydrogens is 595 g/mol. The predicted molar refractivity (Wildman–Crippen MR) is 141 cm³/mol. The Morgan fingerprint density at radius 3 is 2.41 bits per heavy atom. The molecule has 238 valence electrons. The SMILES string of the molecule is COc1cccc2c1C(O)c1c(O)c3c(c(O)c1C2=O)C[C@@](O)(C(C)=O)C[C@@H]3OC1CC(NC(=O)C(F)(F)F)C(O)C(C)O1. The van der Waals surface area contributed by atoms with E-state index in [0.29, 0.717) is 0 Å². The zero-order valence-corrected chi connectivity index (χ0v) is 23.6. The van der Waals surface area contributed by atoms with E-state index in [1.165, 1.54) is 32.2 Å². The van der Waals surface area contributed by atoms with Crippen LogP contribution in [0.15, 0.2) is 18.2 Å². The maximum absolute atomic E-state index is 13.6. The van der Waals surface area contributed by atoms with Crippen LogP contribution in [0.1, 0.15) is 77.1 Å². The lowest BCUT2D eigenvalue weighted by molar-refractivity contribution is -0.250. The van der Waals surface area contributed by atoms with Gasteiger partial charge in [0.25, 0.3) is 0 Å². The van der Waals surface area contributed by atoms with Gasteiger partial charge in [-0.3, -0.25) is 14.4 Å². The fourth-order valence-electron chi connectivity index (χ4n) is 6.19. The number of carbonyl (C=O) groups excluding carboxylic acids is 3. The molecule has 1 heterocycles. The van der Waals surface area contributed by atoms with E-state index < -0.39 is 102 Å². The standard InChI is InChI=1S/C29H30F3NO11/c1-10-22(35)14(33-27(40)29(30,31)32)7-17(43-10)44-16-9-28(41,11(2)34)8-13-19(16)26(39)21-20(24(13)37)23(36)12-5-4-6-15(42-3)18(12)25(21)38/h4-6,10,14,16-17,22,25,35,37-39,41H,7-9H2,1-3H3,(H,33,40)/t10?,14?,16-,17?,22?,25?,28-/m0/s1. The van der Waals surface area contributed by atoms with Gasteiger partial charge < -0.3 is 45.1 Å². The fourth-order valence-corrected chi connectivity index (χ4v) is 6.19. The highest BCUT2D eigenvalue weighted by Crippen LogP contribution is 2.55. The first kappa shape index (κ1) is 31.7. The highest BCUT2D eigenvalue weighted by Gasteiger charge is 2.50. The number of Topliss-reactive ketones (excluding diaryl/α,β-unsaturated/α-hetero) is 1. The van der Waals surface area contributed by atoms with Gasteiger partial charge in [0.15, 0.2) is 17.9 Å². The van der Waals surface area contributed by atoms with Gasteiger partial charge in [-0.2, -0.15) is 13.2 Å². The number of nitrogens with one attached hydrogen (secondary N) is 1. The number of phenolic OH excluding ortho intramolecular Hbond substituents is 2. The highest BCUT2D eigenvalue weighted by atomic mass is 19.4. The normalized spacial score (nSPS) is 29.7. The van der Waals surface area contributed by atoms with E-state index in [1.54, 1.807) is 5.32 Å². The van der Waals surface area contributed by atoms with Crippen LogP contribution in [0.4, 0.5) is 13.2 Å². The molecule has 0 bridgehead atoms. The van der Waals surface area contributed by atoms with Gasteiger partial charge in [-0.1, -0.05) is 12.1 Å². The summed E-state index contributed by atoms with van der Waals surface area (Å²) in [5.41, 5.74) is -3.44. The van der Waals surface area contributed by atoms with Crippen LogP contribution in [0.25, 0.3) is 0 Å². The van der Waals surface area contributed by atoms with Crippen LogP contribution in [0.3, 0.4) is 0 Å². The first-order valence-corrected chi connectivity index (χ1v) is 13.6. The minimum Gasteiger partial charge on any atom is -0.507 e. The second kappa shape index (κ2) is 11.0. The second-order valence-electron chi connectivity index (χ2n) is 11.2. The number of carbonyl (C=O) groups is 3. The minimum absolute atomic E-state index is 0.0143. The number of ether oxygens (including phenoxy) is 3. The minimum atomic E-state index is -5.24. The molecule has 5 unspecified atom stereocenters. The lowest BCUT2D eigenvalue weighted by Crippen LogP contribution is -2.57. The molecule has 2 aromatic carbocycles. The van der Waals surface area contributed by atoms with Crippen molar-refractivity contribution in [2.45, 2.75) is 81.6 Å². The topological polar surface area (TPSA) is 192 Å². The Labute approximate surface area is 248 Å². The fraction of sp³-hybridized carbons (Fsp3) is 0.483. The molecule has 1 aliphatic heterocycles. The van der Waals surface area contributed by atoms with E-state index in [4.69, 9.17) is 14.2 Å². The quantitative estimate of drug-likeness (QED) is 0.265. The number of aliphatic hydroxyl groups excluding tert-OH is 2. The maximum atomic E-state index is 13.6. The summed E-state index contributed by atoms with van der Waals surface area (Å²) in [7, 11) is 1.31. The average Bonchev–Trinajstić information content (AvgIpc) is 2.94. The van der Waals surface area contributed by atoms with E-state index in [1.807, 2.05) is 0 Å². The van der Waals surface area contributed by atoms with Crippen molar-refractivity contribution in [1.82, 2.24) is 5.32 Å². The number of hydrogen-bond donors (Lipinski definition) is 6. The molecule has 6 N–H and O–H groups in total. The molecule has 2 aliphatic carbocycles. The lowest BCUT2D eigenvalue weighted by Gasteiger charge is -2.43. The molecule has 12 nitrogen and oxygen atoms in total. The third-order valence-corrected chi connectivity index (χ3v) is 8.50. The first-order chi connectivity index (χ1) is 20.5. The molecule has 1 fully saturated rings. The lowest BCUT2D eigenvalue weighted by atomic mass is 9.71. The molecule has 0 spiro atoms. The summed E-state index contributed by atoms with van der Waals surface area (Å²) in [4.78, 5) is 37.8. The summed E-state index contributed by atoms with van der Waals surface area (Å²) >= 11 is 0. The number of phenols is 2. The molecule has 1 saturated heterocycles. The summed E-state index contributed by atoms with van der Waals surface area (Å²) < 4.78 is 55.7. The summed E-state index contributed by atoms with van der Waals surface area (Å²) in [5, 5.41) is 57.7. The van der Waals surface area contributed by atoms with Crippen molar-refractivity contribution >= 4 is 17.5 Å². The molecule has 2 aromatic rings. The van der Waals surface area contributed by atoms with Crippen molar-refractivity contribution in [3.63, 3.8) is 0 Å². The zero-order valence-electron chi connectivity index (χ0n) is 23.6. The van der Waals surface area contributed by atoms with Crippen molar-refractivity contribution < 1.29 is 67.3 Å². The van der Waals surface area contributed by atoms with Crippen LogP contribution < -0.4 is 10.1 Å². The third-order valence-electron chi connectivity index (χ3n) is 8.50. The Kier molecular flexibility index (Phi) is 7.91. The number of methoxy groups -OCH3 is 1. The molecular formula is C29H30F3NO11. The number of fused-ring (bicyclic) bond motifs is 3. The highest BCUT2D eigenvalue weighted by molar-refractivity contribution is 6.15. The van der Waals surface area contributed by atoms with Crippen molar-refractivity contribution in [3.05, 3.63) is 51.6 Å². The van der Waals surface area contributed by atoms with Crippen molar-refractivity contribution in [1.29, 1.82) is 0 Å². The van der Waals surface area contributed by atoms with E-state index in [2.05, 4.69) is 0 Å². The number of aliphatic hydroxyl groups is 3. The number of benzene rings is 2. The summed E-state index contributed by atoms with van der Waals surface area (Å²) in [6.45, 7) is 2.40. The number of alkyl halides is 3. The van der Waals surface area contributed by atoms with Crippen LogP contribution in [0.2, 0.25) is 0 Å². The summed E-state index contributed by atoms with van der Waals surface area (Å²) in [5.74, 6) is -5.11. The number of halogens is 3. The van der Waals surface area contributed by atoms with E-state index in [9.17, 15) is 53.1 Å². The van der Waals surface area contributed by atoms with E-state index in [-0.39, 0.29) is 33.6 Å². The summed E-state index contributed by atoms with van der Waals surface area (Å²) in [6.07, 6.45) is -14.2. The number of amides is 1. The van der Waals surface area contributed by atoms with Gasteiger partial charge in [0.2, 0.25) is 0 Å². The number of rotatable bonds is 5. The maximum Gasteiger partial charge on any atom is 0.471 e. The molecule has 15 heteroatoms. The number of hydrogen-bond acceptors (Lipinski definition) is 11. The van der Waals surface area contributed by atoms with Gasteiger partial charge in [0, 0.05) is 47.1 Å². The number of ketones is 2. The van der Waals surface area contributed by atoms with Crippen LogP contribution in [0, 0.1) is 0 Å². The predicted octanol–water partition coefficient (Wildman–Crippen LogP) is 1.60. The zero-order chi connectivity index (χ0) is 32.5. The van der Waals surface area contributed by atoms with Crippen LogP contribution in [-0.4, -0.2) is 86.4 Å². The smallest absolute Gasteiger partial charge is 0.471 e. The molecule has 44 heavy (non-hydrogen) atoms. The van der Waals surface area contributed by atoms with Crippen molar-refractivity contribution in [2.24, 2.45) is 0 Å². The molecule has 3 aliphatic rings. The Bertz CT molecular complexity index is 1540. The Balaban J connectivity index is 1.59. The van der Waals surface area contributed by atoms with Gasteiger partial charge in [-0.25, -0.2) is 0 Å². The van der Waals surface area contributed by atoms with Crippen molar-refractivity contribution in [2.75, 3.05) is 7.11 Å². The molecule has 0 aromatic heterocycles. The van der Waals surface area contributed by atoms with Gasteiger partial charge in [0.05, 0.1) is 30.9 Å². The van der Waals surface area contributed by atoms with Gasteiger partial charge in [-0.15, -0.1) is 0 Å². The van der Waals surface area contributed by atoms with Crippen LogP contribution >= 0.6 is 0 Å². The Hall–Kier alpha value is -3.76. The average molecular weight is 626 g/mol. The summed E-state index contributed by atoms with van der Waals surface area (Å²) in [6, 6.07) is 2.89. The first-order valence-electron chi connectivity index (χ1n) is 13.6. The number of aromatic hydroxyl groups is 2. The van der Waals surface area contributed by atoms with E-state index in [0.717, 1.165) is 6.92 Å². The van der Waals surface area contributed by atoms with E-state index >= 15 is 0 Å². The van der Waals surface area contributed by atoms with Crippen LogP contribution in [0.5, 0.6) is 17.2 Å². The second-order valence-corrected chi connectivity index (χ2v) is 11.2. The van der Waals surface area contributed by atoms with Crippen LogP contribution in [-0.2, 0) is 25.5 Å². The largest absolute Gasteiger partial charge is 0.507 e. The Morgan fingerprint density at radius 2 is 1.80 bits per heavy atom. The Morgan fingerprint density at radius 1 is 1.11 bits per heavy atom.